The van der Waals surface area contributed by atoms with Crippen LogP contribution < -0.4 is 4.90 Å². The van der Waals surface area contributed by atoms with E-state index in [-0.39, 0.29) is 5.56 Å². The average molecular weight is 282 g/mol. The molecule has 0 fully saturated rings. The van der Waals surface area contributed by atoms with E-state index in [0.29, 0.717) is 45.2 Å². The maximum atomic E-state index is 11.3. The minimum Gasteiger partial charge on any atom is -0.478 e. The molecule has 112 valence electrons. The molecule has 6 nitrogen and oxygen atoms in total. The molecular weight excluding hydrogens is 260 g/mol. The highest BCUT2D eigenvalue weighted by Crippen LogP contribution is 2.19. The molecule has 1 N–H and O–H groups in total. The first-order valence-corrected chi connectivity index (χ1v) is 6.78. The van der Waals surface area contributed by atoms with Crippen LogP contribution in [0.4, 0.5) is 5.69 Å². The largest absolute Gasteiger partial charge is 0.478 e. The number of aromatic carboxylic acids is 1. The Morgan fingerprint density at radius 2 is 1.85 bits per heavy atom. The second kappa shape index (κ2) is 9.28. The molecule has 0 aliphatic heterocycles. The van der Waals surface area contributed by atoms with Crippen LogP contribution in [0.5, 0.6) is 0 Å². The van der Waals surface area contributed by atoms with Gasteiger partial charge in [-0.1, -0.05) is 0 Å². The lowest BCUT2D eigenvalue weighted by Crippen LogP contribution is -2.32. The van der Waals surface area contributed by atoms with Crippen molar-refractivity contribution in [2.45, 2.75) is 13.8 Å². The van der Waals surface area contributed by atoms with Crippen molar-refractivity contribution in [1.29, 1.82) is 0 Å². The van der Waals surface area contributed by atoms with E-state index in [0.717, 1.165) is 0 Å². The number of hydrogen-bond acceptors (Lipinski definition) is 5. The Bertz CT molecular complexity index is 402. The number of pyridine rings is 1. The summed E-state index contributed by atoms with van der Waals surface area (Å²) >= 11 is 0. The number of nitrogens with zero attached hydrogens (tertiary/aromatic N) is 2. The van der Waals surface area contributed by atoms with Gasteiger partial charge in [0.2, 0.25) is 0 Å². The van der Waals surface area contributed by atoms with Crippen molar-refractivity contribution >= 4 is 11.7 Å². The second-order valence-electron chi connectivity index (χ2n) is 4.08. The molecule has 0 aliphatic rings. The Morgan fingerprint density at radius 3 is 2.35 bits per heavy atom. The van der Waals surface area contributed by atoms with E-state index in [1.807, 2.05) is 18.7 Å². The zero-order chi connectivity index (χ0) is 14.8. The molecule has 0 spiro atoms. The van der Waals surface area contributed by atoms with Gasteiger partial charge >= 0.3 is 5.97 Å². The van der Waals surface area contributed by atoms with Gasteiger partial charge in [0.05, 0.1) is 18.9 Å². The van der Waals surface area contributed by atoms with Gasteiger partial charge in [-0.3, -0.25) is 4.98 Å². The molecule has 1 aromatic rings. The molecule has 0 aromatic carbocycles. The minimum absolute atomic E-state index is 0.195. The number of rotatable bonds is 10. The summed E-state index contributed by atoms with van der Waals surface area (Å²) in [6.45, 7) is 7.46. The van der Waals surface area contributed by atoms with Crippen molar-refractivity contribution in [2.24, 2.45) is 0 Å². The number of ether oxygens (including phenoxy) is 2. The highest BCUT2D eigenvalue weighted by atomic mass is 16.5. The molecule has 0 unspecified atom stereocenters. The first-order valence-electron chi connectivity index (χ1n) is 6.78. The zero-order valence-corrected chi connectivity index (χ0v) is 12.0. The van der Waals surface area contributed by atoms with E-state index in [1.54, 1.807) is 12.3 Å². The smallest absolute Gasteiger partial charge is 0.339 e. The average Bonchev–Trinajstić information content (AvgIpc) is 2.46. The van der Waals surface area contributed by atoms with E-state index in [9.17, 15) is 9.90 Å². The van der Waals surface area contributed by atoms with Gasteiger partial charge in [-0.25, -0.2) is 4.79 Å². The molecule has 0 aliphatic carbocycles. The Balaban J connectivity index is 2.81. The summed E-state index contributed by atoms with van der Waals surface area (Å²) in [7, 11) is 0. The molecule has 0 radical (unpaired) electrons. The van der Waals surface area contributed by atoms with Crippen molar-refractivity contribution in [3.8, 4) is 0 Å². The Morgan fingerprint density at radius 1 is 1.25 bits per heavy atom. The number of hydrogen-bond donors (Lipinski definition) is 1. The van der Waals surface area contributed by atoms with E-state index in [4.69, 9.17) is 9.47 Å². The third kappa shape index (κ3) is 5.14. The lowest BCUT2D eigenvalue weighted by Gasteiger charge is -2.25. The summed E-state index contributed by atoms with van der Waals surface area (Å²) < 4.78 is 10.7. The van der Waals surface area contributed by atoms with Gasteiger partial charge in [-0.05, 0) is 19.9 Å². The molecule has 0 atom stereocenters. The summed E-state index contributed by atoms with van der Waals surface area (Å²) in [5.74, 6) is -0.981. The van der Waals surface area contributed by atoms with Gasteiger partial charge in [0, 0.05) is 38.7 Å². The van der Waals surface area contributed by atoms with E-state index in [2.05, 4.69) is 4.98 Å². The van der Waals surface area contributed by atoms with E-state index < -0.39 is 5.97 Å². The minimum atomic E-state index is -0.981. The molecule has 0 saturated heterocycles. The number of carboxylic acids is 1. The lowest BCUT2D eigenvalue weighted by atomic mass is 10.2. The standard InChI is InChI=1S/C14H22N2O4/c1-3-19-9-7-16(8-10-20-4-2)13-5-6-15-11-12(13)14(17)18/h5-6,11H,3-4,7-10H2,1-2H3,(H,17,18). The van der Waals surface area contributed by atoms with Gasteiger partial charge in [0.25, 0.3) is 0 Å². The molecule has 0 saturated carbocycles. The summed E-state index contributed by atoms with van der Waals surface area (Å²) in [5.41, 5.74) is 0.840. The van der Waals surface area contributed by atoms with Crippen molar-refractivity contribution < 1.29 is 19.4 Å². The first-order chi connectivity index (χ1) is 9.70. The Hall–Kier alpha value is -1.66. The molecule has 1 rings (SSSR count). The number of anilines is 1. The van der Waals surface area contributed by atoms with Crippen LogP contribution in [0.1, 0.15) is 24.2 Å². The highest BCUT2D eigenvalue weighted by molar-refractivity contribution is 5.94. The van der Waals surface area contributed by atoms with Gasteiger partial charge in [-0.2, -0.15) is 0 Å². The van der Waals surface area contributed by atoms with Crippen LogP contribution in [-0.4, -0.2) is 55.6 Å². The van der Waals surface area contributed by atoms with Crippen molar-refractivity contribution in [1.82, 2.24) is 4.98 Å². The normalized spacial score (nSPS) is 10.5. The Labute approximate surface area is 119 Å². The highest BCUT2D eigenvalue weighted by Gasteiger charge is 2.15. The van der Waals surface area contributed by atoms with Crippen LogP contribution in [-0.2, 0) is 9.47 Å². The van der Waals surface area contributed by atoms with Gasteiger partial charge in [-0.15, -0.1) is 0 Å². The fraction of sp³-hybridized carbons (Fsp3) is 0.571. The summed E-state index contributed by atoms with van der Waals surface area (Å²) in [4.78, 5) is 17.1. The fourth-order valence-corrected chi connectivity index (χ4v) is 1.82. The lowest BCUT2D eigenvalue weighted by molar-refractivity contribution is 0.0696. The monoisotopic (exact) mass is 282 g/mol. The third-order valence-electron chi connectivity index (χ3n) is 2.79. The quantitative estimate of drug-likeness (QED) is 0.658. The van der Waals surface area contributed by atoms with Crippen LogP contribution >= 0.6 is 0 Å². The summed E-state index contributed by atoms with van der Waals surface area (Å²) in [6.07, 6.45) is 2.96. The van der Waals surface area contributed by atoms with Crippen molar-refractivity contribution in [3.05, 3.63) is 24.0 Å². The predicted octanol–water partition coefficient (Wildman–Crippen LogP) is 1.66. The summed E-state index contributed by atoms with van der Waals surface area (Å²) in [6, 6.07) is 1.71. The first kappa shape index (κ1) is 16.4. The van der Waals surface area contributed by atoms with Crippen LogP contribution in [0.2, 0.25) is 0 Å². The predicted molar refractivity (Wildman–Crippen MR) is 76.4 cm³/mol. The van der Waals surface area contributed by atoms with Crippen LogP contribution in [0, 0.1) is 0 Å². The molecule has 20 heavy (non-hydrogen) atoms. The molecule has 1 heterocycles. The van der Waals surface area contributed by atoms with E-state index >= 15 is 0 Å². The van der Waals surface area contributed by atoms with Crippen LogP contribution in [0.15, 0.2) is 18.5 Å². The number of aromatic nitrogens is 1. The maximum Gasteiger partial charge on any atom is 0.339 e. The molecular formula is C14H22N2O4. The number of carboxylic acid groups (broad SMARTS) is 1. The van der Waals surface area contributed by atoms with Crippen LogP contribution in [0.25, 0.3) is 0 Å². The van der Waals surface area contributed by atoms with Crippen molar-refractivity contribution in [2.75, 3.05) is 44.4 Å². The number of carbonyl (C=O) groups is 1. The zero-order valence-electron chi connectivity index (χ0n) is 12.0. The van der Waals surface area contributed by atoms with Crippen LogP contribution in [0.3, 0.4) is 0 Å². The van der Waals surface area contributed by atoms with Gasteiger partial charge in [0.15, 0.2) is 0 Å². The fourth-order valence-electron chi connectivity index (χ4n) is 1.82. The maximum absolute atomic E-state index is 11.3. The summed E-state index contributed by atoms with van der Waals surface area (Å²) in [5, 5.41) is 9.23. The molecule has 1 aromatic heterocycles. The topological polar surface area (TPSA) is 71.9 Å². The molecule has 6 heteroatoms. The Kier molecular flexibility index (Phi) is 7.60. The van der Waals surface area contributed by atoms with Gasteiger partial charge < -0.3 is 19.5 Å². The SMILES string of the molecule is CCOCCN(CCOCC)c1ccncc1C(=O)O. The van der Waals surface area contributed by atoms with E-state index in [1.165, 1.54) is 6.20 Å². The van der Waals surface area contributed by atoms with Gasteiger partial charge in [0.1, 0.15) is 5.56 Å². The second-order valence-corrected chi connectivity index (χ2v) is 4.08. The molecule has 0 amide bonds. The molecule has 0 bridgehead atoms. The van der Waals surface area contributed by atoms with Crippen molar-refractivity contribution in [3.63, 3.8) is 0 Å². The third-order valence-corrected chi connectivity index (χ3v) is 2.79.